The third-order valence-electron chi connectivity index (χ3n) is 6.60. The number of nitrogens with one attached hydrogen (secondary N) is 1. The lowest BCUT2D eigenvalue weighted by Crippen LogP contribution is -2.63. The Balaban J connectivity index is 1.54. The van der Waals surface area contributed by atoms with Gasteiger partial charge in [-0.3, -0.25) is 19.7 Å². The number of aromatic nitrogens is 2. The second-order valence-electron chi connectivity index (χ2n) is 8.92. The summed E-state index contributed by atoms with van der Waals surface area (Å²) in [4.78, 5) is 37.0. The lowest BCUT2D eigenvalue weighted by atomic mass is 9.79. The number of aliphatic carboxylic acids is 1. The number of likely N-dealkylation sites (tertiary alicyclic amines) is 1. The summed E-state index contributed by atoms with van der Waals surface area (Å²) < 4.78 is 25.3. The predicted octanol–water partition coefficient (Wildman–Crippen LogP) is -0.900. The van der Waals surface area contributed by atoms with Crippen LogP contribution in [-0.2, 0) is 26.3 Å². The van der Waals surface area contributed by atoms with Crippen LogP contribution < -0.4 is 9.86 Å². The van der Waals surface area contributed by atoms with Crippen molar-refractivity contribution >= 4 is 33.8 Å². The van der Waals surface area contributed by atoms with Crippen LogP contribution in [0.1, 0.15) is 26.0 Å². The zero-order chi connectivity index (χ0) is 24.8. The van der Waals surface area contributed by atoms with Crippen molar-refractivity contribution in [3.05, 3.63) is 34.9 Å². The standard InChI is InChI=1S/C20H28N6O6S2/c1-10-16-15(11(2)27)19(28)26(16)17(20(29)30)18(10)33-14-5-13(7-24-34(21,31)32)25(9-14)8-12-6-22-3-4-23-12/h3-4,6,10-11,13-16,24,27H,5,7-9H2,1-2H3,(H,29,30)(H2,21,31,32)/t10-,11-,13+,14+,15-,16-/m1/s1. The molecule has 186 valence electrons. The molecule has 1 aromatic heterocycles. The van der Waals surface area contributed by atoms with Crippen molar-refractivity contribution < 1.29 is 28.2 Å². The van der Waals surface area contributed by atoms with Gasteiger partial charge in [0.1, 0.15) is 5.70 Å². The van der Waals surface area contributed by atoms with Crippen LogP contribution in [0, 0.1) is 11.8 Å². The Morgan fingerprint density at radius 3 is 2.74 bits per heavy atom. The Bertz CT molecular complexity index is 1100. The maximum atomic E-state index is 12.6. The highest BCUT2D eigenvalue weighted by atomic mass is 32.2. The second-order valence-corrected chi connectivity index (χ2v) is 11.6. The Labute approximate surface area is 201 Å². The van der Waals surface area contributed by atoms with Gasteiger partial charge in [-0.2, -0.15) is 8.42 Å². The summed E-state index contributed by atoms with van der Waals surface area (Å²) in [5, 5.41) is 25.0. The van der Waals surface area contributed by atoms with E-state index in [4.69, 9.17) is 5.14 Å². The Morgan fingerprint density at radius 2 is 2.15 bits per heavy atom. The van der Waals surface area contributed by atoms with Gasteiger partial charge in [-0.05, 0) is 13.3 Å². The van der Waals surface area contributed by atoms with E-state index >= 15 is 0 Å². The van der Waals surface area contributed by atoms with Crippen LogP contribution in [0.4, 0.5) is 0 Å². The van der Waals surface area contributed by atoms with E-state index in [9.17, 15) is 28.2 Å². The molecule has 0 spiro atoms. The maximum Gasteiger partial charge on any atom is 0.353 e. The topological polar surface area (TPSA) is 179 Å². The van der Waals surface area contributed by atoms with Gasteiger partial charge in [0.2, 0.25) is 5.91 Å². The van der Waals surface area contributed by atoms with E-state index < -0.39 is 28.2 Å². The Hall–Kier alpha value is -2.10. The van der Waals surface area contributed by atoms with Crippen LogP contribution in [0.25, 0.3) is 0 Å². The monoisotopic (exact) mass is 512 g/mol. The van der Waals surface area contributed by atoms with Crippen LogP contribution in [0.15, 0.2) is 29.2 Å². The van der Waals surface area contributed by atoms with Crippen molar-refractivity contribution in [1.29, 1.82) is 0 Å². The number of carbonyl (C=O) groups excluding carboxylic acids is 1. The van der Waals surface area contributed by atoms with E-state index in [0.717, 1.165) is 5.69 Å². The fraction of sp³-hybridized carbons (Fsp3) is 0.600. The zero-order valence-corrected chi connectivity index (χ0v) is 20.4. The van der Waals surface area contributed by atoms with Gasteiger partial charge in [0.15, 0.2) is 0 Å². The fourth-order valence-electron chi connectivity index (χ4n) is 5.12. The number of aliphatic hydroxyl groups is 1. The third kappa shape index (κ3) is 4.83. The van der Waals surface area contributed by atoms with Crippen molar-refractivity contribution in [3.8, 4) is 0 Å². The minimum Gasteiger partial charge on any atom is -0.477 e. The van der Waals surface area contributed by atoms with Crippen molar-refractivity contribution in [2.24, 2.45) is 17.0 Å². The number of rotatable bonds is 9. The van der Waals surface area contributed by atoms with Crippen LogP contribution in [-0.4, -0.2) is 86.8 Å². The molecule has 0 bridgehead atoms. The lowest BCUT2D eigenvalue weighted by Gasteiger charge is -2.46. The zero-order valence-electron chi connectivity index (χ0n) is 18.7. The van der Waals surface area contributed by atoms with Gasteiger partial charge in [-0.25, -0.2) is 14.7 Å². The number of nitrogens with two attached hydrogens (primary N) is 1. The van der Waals surface area contributed by atoms with E-state index in [1.54, 1.807) is 25.5 Å². The summed E-state index contributed by atoms with van der Waals surface area (Å²) in [6.45, 7) is 4.53. The molecular formula is C20H28N6O6S2. The van der Waals surface area contributed by atoms with Crippen LogP contribution in [0.3, 0.4) is 0 Å². The first-order chi connectivity index (χ1) is 16.0. The molecule has 2 saturated heterocycles. The molecule has 0 unspecified atom stereocenters. The van der Waals surface area contributed by atoms with Crippen molar-refractivity contribution in [2.45, 2.75) is 50.3 Å². The lowest BCUT2D eigenvalue weighted by molar-refractivity contribution is -0.163. The van der Waals surface area contributed by atoms with Gasteiger partial charge < -0.3 is 15.1 Å². The van der Waals surface area contributed by atoms with Crippen molar-refractivity contribution in [1.82, 2.24) is 24.5 Å². The largest absolute Gasteiger partial charge is 0.477 e. The SMILES string of the molecule is C[C@@H](O)[C@H]1C(=O)N2C(C(=O)O)=C(S[C@H]3C[C@@H](CNS(N)(=O)=O)N(Cc4cnccn4)C3)[C@H](C)[C@H]12. The van der Waals surface area contributed by atoms with Crippen molar-refractivity contribution in [3.63, 3.8) is 0 Å². The number of β-lactam (4-membered cyclic amide) rings is 1. The summed E-state index contributed by atoms with van der Waals surface area (Å²) in [6, 6.07) is -0.565. The van der Waals surface area contributed by atoms with E-state index in [1.165, 1.54) is 16.7 Å². The molecule has 12 nitrogen and oxygen atoms in total. The molecule has 2 fully saturated rings. The average Bonchev–Trinajstić information content (AvgIpc) is 3.23. The van der Waals surface area contributed by atoms with Gasteiger partial charge >= 0.3 is 5.97 Å². The fourth-order valence-corrected chi connectivity index (χ4v) is 7.14. The first-order valence-electron chi connectivity index (χ1n) is 10.9. The van der Waals surface area contributed by atoms with E-state index in [-0.39, 0.29) is 41.4 Å². The first-order valence-corrected chi connectivity index (χ1v) is 13.3. The predicted molar refractivity (Wildman–Crippen MR) is 123 cm³/mol. The van der Waals surface area contributed by atoms with Crippen LogP contribution >= 0.6 is 11.8 Å². The summed E-state index contributed by atoms with van der Waals surface area (Å²) in [6.07, 6.45) is 4.51. The smallest absolute Gasteiger partial charge is 0.353 e. The van der Waals surface area contributed by atoms with Crippen molar-refractivity contribution in [2.75, 3.05) is 13.1 Å². The van der Waals surface area contributed by atoms with Gasteiger partial charge in [-0.1, -0.05) is 6.92 Å². The second kappa shape index (κ2) is 9.51. The minimum absolute atomic E-state index is 0.0176. The number of fused-ring (bicyclic) bond motifs is 1. The maximum absolute atomic E-state index is 12.6. The molecule has 0 aliphatic carbocycles. The number of hydrogen-bond donors (Lipinski definition) is 4. The van der Waals surface area contributed by atoms with E-state index in [1.807, 2.05) is 6.92 Å². The number of hydrogen-bond acceptors (Lipinski definition) is 9. The normalized spacial score (nSPS) is 30.4. The molecule has 14 heteroatoms. The molecular weight excluding hydrogens is 484 g/mol. The van der Waals surface area contributed by atoms with Crippen LogP contribution in [0.2, 0.25) is 0 Å². The van der Waals surface area contributed by atoms with Gasteiger partial charge in [0.25, 0.3) is 10.2 Å². The quantitative estimate of drug-likeness (QED) is 0.303. The number of thioether (sulfide) groups is 1. The number of amides is 1. The molecule has 3 aliphatic rings. The number of carbonyl (C=O) groups is 2. The third-order valence-corrected chi connectivity index (χ3v) is 8.66. The molecule has 4 rings (SSSR count). The van der Waals surface area contributed by atoms with Gasteiger partial charge in [-0.15, -0.1) is 11.8 Å². The number of aliphatic hydroxyl groups excluding tert-OH is 1. The molecule has 34 heavy (non-hydrogen) atoms. The molecule has 0 radical (unpaired) electrons. The van der Waals surface area contributed by atoms with Gasteiger partial charge in [0, 0.05) is 60.3 Å². The summed E-state index contributed by atoms with van der Waals surface area (Å²) in [7, 11) is -3.87. The number of carboxylic acid groups (broad SMARTS) is 1. The summed E-state index contributed by atoms with van der Waals surface area (Å²) in [5.74, 6) is -2.39. The average molecular weight is 513 g/mol. The number of nitrogens with zero attached hydrogens (tertiary/aromatic N) is 4. The molecule has 4 heterocycles. The molecule has 3 aliphatic heterocycles. The first kappa shape index (κ1) is 25.0. The Morgan fingerprint density at radius 1 is 1.41 bits per heavy atom. The van der Waals surface area contributed by atoms with Crippen LogP contribution in [0.5, 0.6) is 0 Å². The minimum atomic E-state index is -3.87. The summed E-state index contributed by atoms with van der Waals surface area (Å²) >= 11 is 1.41. The number of carboxylic acids is 1. The van der Waals surface area contributed by atoms with E-state index in [0.29, 0.717) is 24.4 Å². The molecule has 0 aromatic carbocycles. The highest BCUT2D eigenvalue weighted by Gasteiger charge is 2.60. The highest BCUT2D eigenvalue weighted by molar-refractivity contribution is 8.03. The Kier molecular flexibility index (Phi) is 6.99. The molecule has 0 saturated carbocycles. The molecule has 5 N–H and O–H groups in total. The highest BCUT2D eigenvalue weighted by Crippen LogP contribution is 2.52. The molecule has 1 amide bonds. The molecule has 6 atom stereocenters. The molecule has 1 aromatic rings. The summed E-state index contributed by atoms with van der Waals surface area (Å²) in [5.41, 5.74) is 0.707. The van der Waals surface area contributed by atoms with Gasteiger partial charge in [0.05, 0.1) is 23.8 Å². The van der Waals surface area contributed by atoms with E-state index in [2.05, 4.69) is 19.6 Å².